The third kappa shape index (κ3) is 4.60. The van der Waals surface area contributed by atoms with E-state index in [-0.39, 0.29) is 11.9 Å². The van der Waals surface area contributed by atoms with E-state index in [0.29, 0.717) is 0 Å². The summed E-state index contributed by atoms with van der Waals surface area (Å²) >= 11 is 1.80. The first-order valence-electron chi connectivity index (χ1n) is 10.1. The van der Waals surface area contributed by atoms with Gasteiger partial charge in [0.15, 0.2) is 0 Å². The maximum absolute atomic E-state index is 13.3. The van der Waals surface area contributed by atoms with Gasteiger partial charge in [-0.2, -0.15) is 0 Å². The van der Waals surface area contributed by atoms with Crippen LogP contribution in [0.15, 0.2) is 59.9 Å². The van der Waals surface area contributed by atoms with Gasteiger partial charge >= 0.3 is 0 Å². The minimum Gasteiger partial charge on any atom is -0.495 e. The Labute approximate surface area is 181 Å². The van der Waals surface area contributed by atoms with E-state index in [1.54, 1.807) is 25.4 Å². The molecule has 0 spiro atoms. The van der Waals surface area contributed by atoms with Gasteiger partial charge in [-0.05, 0) is 80.1 Å². The fourth-order valence-electron chi connectivity index (χ4n) is 3.67. The molecular weight excluding hydrogens is 397 g/mol. The molecule has 2 aromatic carbocycles. The van der Waals surface area contributed by atoms with Crippen molar-refractivity contribution in [1.29, 1.82) is 0 Å². The van der Waals surface area contributed by atoms with E-state index < -0.39 is 0 Å². The molecule has 1 aromatic heterocycles. The number of ether oxygens (including phenoxy) is 1. The van der Waals surface area contributed by atoms with Crippen LogP contribution in [0.3, 0.4) is 0 Å². The average molecular weight is 424 g/mol. The lowest BCUT2D eigenvalue weighted by Crippen LogP contribution is -2.24. The van der Waals surface area contributed by atoms with Crippen LogP contribution in [0.2, 0.25) is 0 Å². The van der Waals surface area contributed by atoms with Gasteiger partial charge in [0.2, 0.25) is 0 Å². The highest BCUT2D eigenvalue weighted by Crippen LogP contribution is 2.39. The van der Waals surface area contributed by atoms with E-state index in [4.69, 9.17) is 4.74 Å². The summed E-state index contributed by atoms with van der Waals surface area (Å²) in [5.41, 5.74) is 4.19. The first kappa shape index (κ1) is 20.7. The molecule has 0 unspecified atom stereocenters. The molecule has 156 valence electrons. The van der Waals surface area contributed by atoms with Gasteiger partial charge < -0.3 is 9.30 Å². The molecule has 1 atom stereocenters. The predicted octanol–water partition coefficient (Wildman–Crippen LogP) is 6.17. The Kier molecular flexibility index (Phi) is 6.25. The van der Waals surface area contributed by atoms with Crippen LogP contribution in [-0.2, 0) is 0 Å². The second-order valence-corrected chi connectivity index (χ2v) is 8.70. The van der Waals surface area contributed by atoms with E-state index in [9.17, 15) is 4.39 Å². The van der Waals surface area contributed by atoms with Crippen LogP contribution in [0.4, 0.5) is 4.39 Å². The zero-order valence-corrected chi connectivity index (χ0v) is 18.3. The van der Waals surface area contributed by atoms with Gasteiger partial charge in [-0.15, -0.1) is 0 Å². The van der Waals surface area contributed by atoms with Crippen LogP contribution in [0.5, 0.6) is 5.75 Å². The number of rotatable bonds is 5. The molecule has 1 fully saturated rings. The third-order valence-electron chi connectivity index (χ3n) is 5.34. The molecule has 1 aliphatic rings. The summed E-state index contributed by atoms with van der Waals surface area (Å²) < 4.78 is 23.2. The number of imidazole rings is 1. The third-order valence-corrected chi connectivity index (χ3v) is 6.63. The van der Waals surface area contributed by atoms with Crippen LogP contribution < -0.4 is 4.74 Å². The first-order valence-corrected chi connectivity index (χ1v) is 10.9. The van der Waals surface area contributed by atoms with Gasteiger partial charge in [0.05, 0.1) is 24.8 Å². The van der Waals surface area contributed by atoms with Crippen molar-refractivity contribution in [3.63, 3.8) is 0 Å². The van der Waals surface area contributed by atoms with Gasteiger partial charge in [0, 0.05) is 23.7 Å². The normalized spacial score (nSPS) is 17.3. The van der Waals surface area contributed by atoms with Crippen LogP contribution in [0.1, 0.15) is 42.6 Å². The minimum absolute atomic E-state index is 0.193. The molecule has 30 heavy (non-hydrogen) atoms. The highest BCUT2D eigenvalue weighted by molar-refractivity contribution is 8.01. The van der Waals surface area contributed by atoms with Crippen molar-refractivity contribution in [3.05, 3.63) is 82.5 Å². The SMILES string of the molecule is COc1cc(/C=C2\CCCN([C@@H](C)c3ccc(F)cc3)S2)ccc1-n1cnc(C)c1. The quantitative estimate of drug-likeness (QED) is 0.459. The fourth-order valence-corrected chi connectivity index (χ4v) is 4.89. The molecule has 1 saturated heterocycles. The van der Waals surface area contributed by atoms with Crippen LogP contribution in [0.25, 0.3) is 11.8 Å². The number of nitrogens with zero attached hydrogens (tertiary/aromatic N) is 3. The lowest BCUT2D eigenvalue weighted by atomic mass is 10.1. The molecule has 0 N–H and O–H groups in total. The summed E-state index contributed by atoms with van der Waals surface area (Å²) in [5, 5.41) is 0. The Balaban J connectivity index is 1.53. The topological polar surface area (TPSA) is 30.3 Å². The van der Waals surface area contributed by atoms with Crippen molar-refractivity contribution in [2.45, 2.75) is 32.7 Å². The number of allylic oxidation sites excluding steroid dienone is 1. The predicted molar refractivity (Wildman–Crippen MR) is 121 cm³/mol. The Morgan fingerprint density at radius 1 is 1.20 bits per heavy atom. The number of benzene rings is 2. The summed E-state index contributed by atoms with van der Waals surface area (Å²) in [6.07, 6.45) is 8.19. The Morgan fingerprint density at radius 3 is 2.70 bits per heavy atom. The summed E-state index contributed by atoms with van der Waals surface area (Å²) in [7, 11) is 1.70. The number of aromatic nitrogens is 2. The van der Waals surface area contributed by atoms with Crippen molar-refractivity contribution in [3.8, 4) is 11.4 Å². The maximum atomic E-state index is 13.3. The van der Waals surface area contributed by atoms with E-state index in [1.165, 1.54) is 17.0 Å². The molecule has 0 radical (unpaired) electrons. The molecule has 0 aliphatic carbocycles. The van der Waals surface area contributed by atoms with Gasteiger partial charge in [-0.25, -0.2) is 13.7 Å². The lowest BCUT2D eigenvalue weighted by molar-refractivity contribution is 0.370. The number of hydrogen-bond acceptors (Lipinski definition) is 4. The largest absolute Gasteiger partial charge is 0.495 e. The molecule has 2 heterocycles. The lowest BCUT2D eigenvalue weighted by Gasteiger charge is -2.32. The van der Waals surface area contributed by atoms with Crippen molar-refractivity contribution in [2.75, 3.05) is 13.7 Å². The molecular formula is C24H26FN3OS. The second-order valence-electron chi connectivity index (χ2n) is 7.53. The molecule has 6 heteroatoms. The number of halogens is 1. The molecule has 0 saturated carbocycles. The number of aryl methyl sites for hydroxylation is 1. The molecule has 0 bridgehead atoms. The Hall–Kier alpha value is -2.57. The minimum atomic E-state index is -0.193. The van der Waals surface area contributed by atoms with Gasteiger partial charge in [0.25, 0.3) is 0 Å². The molecule has 0 amide bonds. The van der Waals surface area contributed by atoms with E-state index in [0.717, 1.165) is 47.6 Å². The second kappa shape index (κ2) is 9.06. The molecule has 3 aromatic rings. The highest BCUT2D eigenvalue weighted by atomic mass is 32.2. The van der Waals surface area contributed by atoms with Crippen molar-refractivity contribution in [2.24, 2.45) is 0 Å². The van der Waals surface area contributed by atoms with E-state index in [1.807, 2.05) is 29.8 Å². The monoisotopic (exact) mass is 423 g/mol. The Bertz CT molecular complexity index is 1040. The smallest absolute Gasteiger partial charge is 0.143 e. The number of methoxy groups -OCH3 is 1. The van der Waals surface area contributed by atoms with Crippen LogP contribution in [-0.4, -0.2) is 27.5 Å². The van der Waals surface area contributed by atoms with Crippen molar-refractivity contribution >= 4 is 18.0 Å². The van der Waals surface area contributed by atoms with E-state index >= 15 is 0 Å². The van der Waals surface area contributed by atoms with Crippen LogP contribution in [0, 0.1) is 12.7 Å². The zero-order chi connectivity index (χ0) is 21.1. The van der Waals surface area contributed by atoms with Crippen LogP contribution >= 0.6 is 11.9 Å². The molecule has 4 nitrogen and oxygen atoms in total. The molecule has 4 rings (SSSR count). The summed E-state index contributed by atoms with van der Waals surface area (Å²) in [5.74, 6) is 0.625. The van der Waals surface area contributed by atoms with Gasteiger partial charge in [-0.1, -0.05) is 18.2 Å². The summed E-state index contributed by atoms with van der Waals surface area (Å²) in [4.78, 5) is 5.63. The number of hydrogen-bond donors (Lipinski definition) is 0. The molecule has 1 aliphatic heterocycles. The maximum Gasteiger partial charge on any atom is 0.143 e. The van der Waals surface area contributed by atoms with Crippen molar-refractivity contribution in [1.82, 2.24) is 13.9 Å². The van der Waals surface area contributed by atoms with E-state index in [2.05, 4.69) is 40.5 Å². The first-order chi connectivity index (χ1) is 14.5. The highest BCUT2D eigenvalue weighted by Gasteiger charge is 2.22. The van der Waals surface area contributed by atoms with Gasteiger partial charge in [0.1, 0.15) is 11.6 Å². The van der Waals surface area contributed by atoms with Gasteiger partial charge in [-0.3, -0.25) is 0 Å². The Morgan fingerprint density at radius 2 is 2.00 bits per heavy atom. The standard InChI is InChI=1S/C24H26FN3OS/c1-17-15-27(16-26-17)23-11-6-19(14-24(23)29-3)13-22-5-4-12-28(30-22)18(2)20-7-9-21(25)10-8-20/h6-11,13-16,18H,4-5,12H2,1-3H3/b22-13+/t18-/m0/s1. The average Bonchev–Trinajstić information content (AvgIpc) is 3.20. The fraction of sp³-hybridized carbons (Fsp3) is 0.292. The van der Waals surface area contributed by atoms with Crippen molar-refractivity contribution < 1.29 is 9.13 Å². The summed E-state index contributed by atoms with van der Waals surface area (Å²) in [6, 6.07) is 13.3. The zero-order valence-electron chi connectivity index (χ0n) is 17.5. The summed E-state index contributed by atoms with van der Waals surface area (Å²) in [6.45, 7) is 5.16.